The largest absolute Gasteiger partial charge is 0.368 e. The molecular formula is C15H13Cl2N3O2. The highest BCUT2D eigenvalue weighted by molar-refractivity contribution is 6.35. The lowest BCUT2D eigenvalue weighted by atomic mass is 10.0. The summed E-state index contributed by atoms with van der Waals surface area (Å²) in [5.41, 5.74) is 6.42. The molecule has 0 aliphatic heterocycles. The van der Waals surface area contributed by atoms with E-state index in [1.54, 1.807) is 30.3 Å². The van der Waals surface area contributed by atoms with Gasteiger partial charge in [0.2, 0.25) is 5.91 Å². The molecule has 114 valence electrons. The maximum Gasteiger partial charge on any atom is 0.252 e. The van der Waals surface area contributed by atoms with E-state index in [0.717, 1.165) is 0 Å². The smallest absolute Gasteiger partial charge is 0.252 e. The lowest BCUT2D eigenvalue weighted by Crippen LogP contribution is -2.45. The van der Waals surface area contributed by atoms with Gasteiger partial charge in [0, 0.05) is 34.4 Å². The summed E-state index contributed by atoms with van der Waals surface area (Å²) >= 11 is 11.9. The Balaban J connectivity index is 2.14. The summed E-state index contributed by atoms with van der Waals surface area (Å²) in [6.07, 6.45) is 3.16. The van der Waals surface area contributed by atoms with Crippen molar-refractivity contribution in [3.05, 3.63) is 63.9 Å². The standard InChI is InChI=1S/C15H13Cl2N3O2/c16-11-2-1-10(12(17)8-11)7-13(14(18)21)20-15(22)9-3-5-19-6-4-9/h1-6,8,13H,7H2,(H2,18,21)(H,20,22)/t13-/m1/s1. The Bertz CT molecular complexity index is 692. The number of carbonyl (C=O) groups excluding carboxylic acids is 2. The topological polar surface area (TPSA) is 85.1 Å². The molecular weight excluding hydrogens is 325 g/mol. The Hall–Kier alpha value is -2.11. The lowest BCUT2D eigenvalue weighted by molar-refractivity contribution is -0.119. The molecule has 22 heavy (non-hydrogen) atoms. The van der Waals surface area contributed by atoms with Gasteiger partial charge in [0.15, 0.2) is 0 Å². The van der Waals surface area contributed by atoms with Gasteiger partial charge in [-0.25, -0.2) is 0 Å². The highest BCUT2D eigenvalue weighted by atomic mass is 35.5. The second-order valence-corrected chi connectivity index (χ2v) is 5.45. The summed E-state index contributed by atoms with van der Waals surface area (Å²) in [6.45, 7) is 0. The number of primary amides is 1. The molecule has 3 N–H and O–H groups in total. The normalized spacial score (nSPS) is 11.7. The second-order valence-electron chi connectivity index (χ2n) is 4.60. The van der Waals surface area contributed by atoms with E-state index < -0.39 is 17.9 Å². The van der Waals surface area contributed by atoms with Crippen molar-refractivity contribution >= 4 is 35.0 Å². The molecule has 0 radical (unpaired) electrons. The molecule has 0 saturated heterocycles. The van der Waals surface area contributed by atoms with E-state index in [-0.39, 0.29) is 6.42 Å². The number of pyridine rings is 1. The van der Waals surface area contributed by atoms with Crippen LogP contribution in [0.3, 0.4) is 0 Å². The molecule has 0 fully saturated rings. The van der Waals surface area contributed by atoms with Crippen molar-refractivity contribution in [1.82, 2.24) is 10.3 Å². The second kappa shape index (κ2) is 7.24. The minimum Gasteiger partial charge on any atom is -0.368 e. The van der Waals surface area contributed by atoms with E-state index in [2.05, 4.69) is 10.3 Å². The van der Waals surface area contributed by atoms with E-state index in [0.29, 0.717) is 21.2 Å². The summed E-state index contributed by atoms with van der Waals surface area (Å²) in [6, 6.07) is 7.14. The molecule has 2 rings (SSSR count). The van der Waals surface area contributed by atoms with Crippen molar-refractivity contribution in [3.8, 4) is 0 Å². The van der Waals surface area contributed by atoms with Crippen LogP contribution in [0.25, 0.3) is 0 Å². The molecule has 1 atom stereocenters. The van der Waals surface area contributed by atoms with Crippen molar-refractivity contribution in [2.75, 3.05) is 0 Å². The van der Waals surface area contributed by atoms with E-state index >= 15 is 0 Å². The Morgan fingerprint density at radius 1 is 1.18 bits per heavy atom. The fraction of sp³-hybridized carbons (Fsp3) is 0.133. The molecule has 0 spiro atoms. The molecule has 0 aliphatic rings. The third-order valence-electron chi connectivity index (χ3n) is 3.03. The van der Waals surface area contributed by atoms with Gasteiger partial charge in [-0.15, -0.1) is 0 Å². The molecule has 7 heteroatoms. The Labute approximate surface area is 137 Å². The number of nitrogens with zero attached hydrogens (tertiary/aromatic N) is 1. The SMILES string of the molecule is NC(=O)[C@@H](Cc1ccc(Cl)cc1Cl)NC(=O)c1ccncc1. The molecule has 0 unspecified atom stereocenters. The maximum atomic E-state index is 12.1. The Kier molecular flexibility index (Phi) is 5.35. The van der Waals surface area contributed by atoms with E-state index in [4.69, 9.17) is 28.9 Å². The van der Waals surface area contributed by atoms with Gasteiger partial charge in [0.1, 0.15) is 6.04 Å². The van der Waals surface area contributed by atoms with Crippen LogP contribution in [0, 0.1) is 0 Å². The van der Waals surface area contributed by atoms with Crippen LogP contribution in [0.2, 0.25) is 10.0 Å². The van der Waals surface area contributed by atoms with Crippen LogP contribution < -0.4 is 11.1 Å². The fourth-order valence-corrected chi connectivity index (χ4v) is 2.36. The molecule has 5 nitrogen and oxygen atoms in total. The van der Waals surface area contributed by atoms with Crippen molar-refractivity contribution in [3.63, 3.8) is 0 Å². The van der Waals surface area contributed by atoms with E-state index in [1.165, 1.54) is 12.4 Å². The van der Waals surface area contributed by atoms with Crippen molar-refractivity contribution in [2.24, 2.45) is 5.73 Å². The number of amides is 2. The predicted molar refractivity (Wildman–Crippen MR) is 84.9 cm³/mol. The zero-order chi connectivity index (χ0) is 16.1. The number of nitrogens with two attached hydrogens (primary N) is 1. The third kappa shape index (κ3) is 4.19. The Morgan fingerprint density at radius 3 is 2.45 bits per heavy atom. The summed E-state index contributed by atoms with van der Waals surface area (Å²) in [5.74, 6) is -1.05. The lowest BCUT2D eigenvalue weighted by Gasteiger charge is -2.16. The van der Waals surface area contributed by atoms with Crippen LogP contribution in [-0.4, -0.2) is 22.8 Å². The number of rotatable bonds is 5. The van der Waals surface area contributed by atoms with Crippen LogP contribution >= 0.6 is 23.2 Å². The van der Waals surface area contributed by atoms with Gasteiger partial charge >= 0.3 is 0 Å². The van der Waals surface area contributed by atoms with Gasteiger partial charge in [-0.05, 0) is 29.8 Å². The molecule has 2 amide bonds. The van der Waals surface area contributed by atoms with Crippen LogP contribution in [0.15, 0.2) is 42.7 Å². The van der Waals surface area contributed by atoms with Gasteiger partial charge in [-0.2, -0.15) is 0 Å². The van der Waals surface area contributed by atoms with Crippen LogP contribution in [0.1, 0.15) is 15.9 Å². The molecule has 0 bridgehead atoms. The number of hydrogen-bond acceptors (Lipinski definition) is 3. The van der Waals surface area contributed by atoms with Crippen LogP contribution in [0.4, 0.5) is 0 Å². The monoisotopic (exact) mass is 337 g/mol. The number of benzene rings is 1. The minimum absolute atomic E-state index is 0.183. The molecule has 0 aliphatic carbocycles. The highest BCUT2D eigenvalue weighted by Gasteiger charge is 2.20. The maximum absolute atomic E-state index is 12.1. The summed E-state index contributed by atoms with van der Waals surface area (Å²) in [5, 5.41) is 3.49. The van der Waals surface area contributed by atoms with Gasteiger partial charge in [0.25, 0.3) is 5.91 Å². The average molecular weight is 338 g/mol. The molecule has 1 aromatic carbocycles. The van der Waals surface area contributed by atoms with Crippen molar-refractivity contribution in [1.29, 1.82) is 0 Å². The molecule has 2 aromatic rings. The molecule has 1 aromatic heterocycles. The number of carbonyl (C=O) groups is 2. The zero-order valence-electron chi connectivity index (χ0n) is 11.4. The summed E-state index contributed by atoms with van der Waals surface area (Å²) < 4.78 is 0. The first-order valence-corrected chi connectivity index (χ1v) is 7.17. The van der Waals surface area contributed by atoms with E-state index in [9.17, 15) is 9.59 Å². The van der Waals surface area contributed by atoms with E-state index in [1.807, 2.05) is 0 Å². The first-order chi connectivity index (χ1) is 10.5. The fourth-order valence-electron chi connectivity index (χ4n) is 1.87. The first kappa shape index (κ1) is 16.3. The zero-order valence-corrected chi connectivity index (χ0v) is 12.9. The number of aromatic nitrogens is 1. The molecule has 1 heterocycles. The number of hydrogen-bond donors (Lipinski definition) is 2. The number of halogens is 2. The predicted octanol–water partition coefficient (Wildman–Crippen LogP) is 2.21. The third-order valence-corrected chi connectivity index (χ3v) is 3.62. The quantitative estimate of drug-likeness (QED) is 0.877. The number of nitrogens with one attached hydrogen (secondary N) is 1. The van der Waals surface area contributed by atoms with Crippen LogP contribution in [0.5, 0.6) is 0 Å². The molecule has 0 saturated carbocycles. The average Bonchev–Trinajstić information content (AvgIpc) is 2.49. The minimum atomic E-state index is -0.876. The summed E-state index contributed by atoms with van der Waals surface area (Å²) in [7, 11) is 0. The van der Waals surface area contributed by atoms with Crippen LogP contribution in [-0.2, 0) is 11.2 Å². The first-order valence-electron chi connectivity index (χ1n) is 6.41. The van der Waals surface area contributed by atoms with Gasteiger partial charge in [-0.1, -0.05) is 29.3 Å². The van der Waals surface area contributed by atoms with Gasteiger partial charge in [0.05, 0.1) is 0 Å². The Morgan fingerprint density at radius 2 is 1.86 bits per heavy atom. The van der Waals surface area contributed by atoms with Crippen molar-refractivity contribution < 1.29 is 9.59 Å². The van der Waals surface area contributed by atoms with Gasteiger partial charge < -0.3 is 11.1 Å². The van der Waals surface area contributed by atoms with Gasteiger partial charge in [-0.3, -0.25) is 14.6 Å². The summed E-state index contributed by atoms with van der Waals surface area (Å²) in [4.78, 5) is 27.5. The highest BCUT2D eigenvalue weighted by Crippen LogP contribution is 2.22. The van der Waals surface area contributed by atoms with Crippen molar-refractivity contribution in [2.45, 2.75) is 12.5 Å².